The van der Waals surface area contributed by atoms with Crippen LogP contribution in [0.1, 0.15) is 70.6 Å². The summed E-state index contributed by atoms with van der Waals surface area (Å²) in [7, 11) is 0. The first-order valence-electron chi connectivity index (χ1n) is 9.73. The van der Waals surface area contributed by atoms with E-state index in [1.807, 2.05) is 43.3 Å². The molecular weight excluding hydrogens is 352 g/mol. The van der Waals surface area contributed by atoms with E-state index in [4.69, 9.17) is 11.6 Å². The molecule has 0 N–H and O–H groups in total. The Labute approximate surface area is 171 Å². The number of carbonyl (C=O) groups is 1. The summed E-state index contributed by atoms with van der Waals surface area (Å²) in [5.41, 5.74) is 4.45. The highest BCUT2D eigenvalue weighted by molar-refractivity contribution is 6.30. The summed E-state index contributed by atoms with van der Waals surface area (Å²) in [5, 5.41) is 0.748. The molecule has 0 amide bonds. The summed E-state index contributed by atoms with van der Waals surface area (Å²) >= 11 is 6.01. The Balaban J connectivity index is 0.000000511. The third-order valence-electron chi connectivity index (χ3n) is 4.07. The van der Waals surface area contributed by atoms with Crippen molar-refractivity contribution in [3.05, 3.63) is 76.8 Å². The summed E-state index contributed by atoms with van der Waals surface area (Å²) in [5.74, 6) is 1.17. The van der Waals surface area contributed by atoms with Crippen molar-refractivity contribution in [1.29, 1.82) is 0 Å². The molecule has 0 aliphatic heterocycles. The number of aryl methyl sites for hydroxylation is 1. The van der Waals surface area contributed by atoms with E-state index in [1.165, 1.54) is 12.0 Å². The van der Waals surface area contributed by atoms with Crippen LogP contribution in [0.5, 0.6) is 0 Å². The van der Waals surface area contributed by atoms with Crippen LogP contribution in [-0.2, 0) is 4.79 Å². The van der Waals surface area contributed by atoms with Gasteiger partial charge in [0.25, 0.3) is 0 Å². The van der Waals surface area contributed by atoms with Gasteiger partial charge in [-0.3, -0.25) is 0 Å². The van der Waals surface area contributed by atoms with Gasteiger partial charge in [0, 0.05) is 11.4 Å². The Bertz CT molecular complexity index is 687. The Morgan fingerprint density at radius 2 is 1.63 bits per heavy atom. The maximum Gasteiger partial charge on any atom is 0.129 e. The summed E-state index contributed by atoms with van der Waals surface area (Å²) in [6.45, 7) is 16.5. The van der Waals surface area contributed by atoms with Gasteiger partial charge < -0.3 is 4.79 Å². The normalized spacial score (nSPS) is 9.63. The molecule has 1 nitrogen and oxygen atoms in total. The average molecular weight is 387 g/mol. The van der Waals surface area contributed by atoms with E-state index in [0.717, 1.165) is 40.5 Å². The minimum atomic E-state index is 0.289. The van der Waals surface area contributed by atoms with E-state index >= 15 is 0 Å². The lowest BCUT2D eigenvalue weighted by molar-refractivity contribution is -0.117. The van der Waals surface area contributed by atoms with Gasteiger partial charge in [-0.05, 0) is 60.6 Å². The zero-order valence-electron chi connectivity index (χ0n) is 17.8. The summed E-state index contributed by atoms with van der Waals surface area (Å²) in [4.78, 5) is 10.0. The highest BCUT2D eigenvalue weighted by Crippen LogP contribution is 2.26. The van der Waals surface area contributed by atoms with E-state index in [0.29, 0.717) is 0 Å². The molecular formula is C25H35ClO. The maximum atomic E-state index is 10.0. The van der Waals surface area contributed by atoms with Crippen molar-refractivity contribution in [2.24, 2.45) is 5.92 Å². The molecule has 0 aliphatic carbocycles. The molecule has 0 fully saturated rings. The monoisotopic (exact) mass is 386 g/mol. The standard InChI is InChI=1S/C15H13Cl.C5H10O.C5H12/c1-11-8-9-14(16)10-15(11)12(2)13-6-4-3-5-7-13;1-3-4-5(2)6;1-4-5(2)3/h3-10H,2H2,1H3;3-4H2,1-2H3;5H,4H2,1-3H3. The number of halogens is 1. The highest BCUT2D eigenvalue weighted by Gasteiger charge is 2.05. The van der Waals surface area contributed by atoms with Crippen LogP contribution in [0.3, 0.4) is 0 Å². The van der Waals surface area contributed by atoms with Crippen molar-refractivity contribution in [3.8, 4) is 0 Å². The molecule has 148 valence electrons. The van der Waals surface area contributed by atoms with Crippen LogP contribution in [0.15, 0.2) is 55.1 Å². The first-order chi connectivity index (χ1) is 12.7. The van der Waals surface area contributed by atoms with Crippen molar-refractivity contribution in [2.45, 2.75) is 60.8 Å². The van der Waals surface area contributed by atoms with Crippen LogP contribution in [0.4, 0.5) is 0 Å². The Morgan fingerprint density at radius 1 is 1.07 bits per heavy atom. The fourth-order valence-corrected chi connectivity index (χ4v) is 2.24. The Hall–Kier alpha value is -1.86. The summed E-state index contributed by atoms with van der Waals surface area (Å²) < 4.78 is 0. The van der Waals surface area contributed by atoms with Gasteiger partial charge in [0.15, 0.2) is 0 Å². The molecule has 2 rings (SSSR count). The van der Waals surface area contributed by atoms with Crippen LogP contribution < -0.4 is 0 Å². The molecule has 2 aromatic rings. The van der Waals surface area contributed by atoms with E-state index in [9.17, 15) is 4.79 Å². The van der Waals surface area contributed by atoms with Gasteiger partial charge in [0.2, 0.25) is 0 Å². The lowest BCUT2D eigenvalue weighted by Gasteiger charge is -2.09. The first-order valence-corrected chi connectivity index (χ1v) is 10.1. The lowest BCUT2D eigenvalue weighted by atomic mass is 9.96. The van der Waals surface area contributed by atoms with Gasteiger partial charge in [-0.15, -0.1) is 0 Å². The molecule has 0 atom stereocenters. The van der Waals surface area contributed by atoms with Gasteiger partial charge in [0.05, 0.1) is 0 Å². The van der Waals surface area contributed by atoms with Gasteiger partial charge >= 0.3 is 0 Å². The van der Waals surface area contributed by atoms with Crippen LogP contribution >= 0.6 is 11.6 Å². The van der Waals surface area contributed by atoms with Crippen molar-refractivity contribution in [1.82, 2.24) is 0 Å². The molecule has 0 bridgehead atoms. The van der Waals surface area contributed by atoms with Crippen LogP contribution in [0, 0.1) is 12.8 Å². The molecule has 0 aliphatic rings. The van der Waals surface area contributed by atoms with Crippen LogP contribution in [0.2, 0.25) is 5.02 Å². The number of Topliss-reactive ketones (excluding diaryl/α,β-unsaturated/α-hetero) is 1. The number of rotatable bonds is 5. The quantitative estimate of drug-likeness (QED) is 0.506. The molecule has 2 heteroatoms. The van der Waals surface area contributed by atoms with E-state index in [-0.39, 0.29) is 5.78 Å². The predicted octanol–water partition coefficient (Wildman–Crippen LogP) is 8.14. The number of hydrogen-bond acceptors (Lipinski definition) is 1. The zero-order chi connectivity index (χ0) is 20.8. The largest absolute Gasteiger partial charge is 0.300 e. The minimum Gasteiger partial charge on any atom is -0.300 e. The predicted molar refractivity (Wildman–Crippen MR) is 121 cm³/mol. The van der Waals surface area contributed by atoms with Crippen molar-refractivity contribution < 1.29 is 4.79 Å². The molecule has 0 saturated carbocycles. The van der Waals surface area contributed by atoms with Crippen molar-refractivity contribution in [3.63, 3.8) is 0 Å². The topological polar surface area (TPSA) is 17.1 Å². The Morgan fingerprint density at radius 3 is 2.04 bits per heavy atom. The highest BCUT2D eigenvalue weighted by atomic mass is 35.5. The SMILES string of the molecule is C=C(c1ccccc1)c1cc(Cl)ccc1C.CCC(C)C.CCCC(C)=O. The van der Waals surface area contributed by atoms with E-state index < -0.39 is 0 Å². The maximum absolute atomic E-state index is 10.0. The molecule has 0 aromatic heterocycles. The number of ketones is 1. The third kappa shape index (κ3) is 11.5. The van der Waals surface area contributed by atoms with Crippen LogP contribution in [-0.4, -0.2) is 5.78 Å². The smallest absolute Gasteiger partial charge is 0.129 e. The summed E-state index contributed by atoms with van der Waals surface area (Å²) in [6.07, 6.45) is 3.02. The average Bonchev–Trinajstić information content (AvgIpc) is 2.64. The molecule has 27 heavy (non-hydrogen) atoms. The second-order valence-corrected chi connectivity index (χ2v) is 7.49. The van der Waals surface area contributed by atoms with Gasteiger partial charge in [-0.2, -0.15) is 0 Å². The number of benzene rings is 2. The molecule has 0 spiro atoms. The molecule has 2 aromatic carbocycles. The number of carbonyl (C=O) groups excluding carboxylic acids is 1. The van der Waals surface area contributed by atoms with Crippen molar-refractivity contribution >= 4 is 23.0 Å². The summed E-state index contributed by atoms with van der Waals surface area (Å²) in [6, 6.07) is 16.0. The van der Waals surface area contributed by atoms with Gasteiger partial charge in [-0.25, -0.2) is 0 Å². The van der Waals surface area contributed by atoms with E-state index in [1.54, 1.807) is 6.92 Å². The second-order valence-electron chi connectivity index (χ2n) is 7.06. The minimum absolute atomic E-state index is 0.289. The van der Waals surface area contributed by atoms with Gasteiger partial charge in [-0.1, -0.05) is 88.7 Å². The fraction of sp³-hybridized carbons (Fsp3) is 0.400. The second kappa shape index (κ2) is 14.2. The van der Waals surface area contributed by atoms with Crippen LogP contribution in [0.25, 0.3) is 5.57 Å². The van der Waals surface area contributed by atoms with E-state index in [2.05, 4.69) is 46.4 Å². The molecule has 0 radical (unpaired) electrons. The zero-order valence-corrected chi connectivity index (χ0v) is 18.6. The molecule has 0 saturated heterocycles. The fourth-order valence-electron chi connectivity index (χ4n) is 2.07. The molecule has 0 unspecified atom stereocenters. The number of hydrogen-bond donors (Lipinski definition) is 0. The lowest BCUT2D eigenvalue weighted by Crippen LogP contribution is -1.89. The first kappa shape index (κ1) is 25.1. The third-order valence-corrected chi connectivity index (χ3v) is 4.30. The Kier molecular flexibility index (Phi) is 13.2. The molecule has 0 heterocycles. The van der Waals surface area contributed by atoms with Gasteiger partial charge in [0.1, 0.15) is 5.78 Å². The van der Waals surface area contributed by atoms with Crippen molar-refractivity contribution in [2.75, 3.05) is 0 Å².